The molecule has 0 aliphatic heterocycles. The van der Waals surface area contributed by atoms with Gasteiger partial charge in [-0.25, -0.2) is 9.97 Å². The molecule has 0 spiro atoms. The molecule has 4 nitrogen and oxygen atoms in total. The van der Waals surface area contributed by atoms with Crippen molar-refractivity contribution < 1.29 is 4.79 Å². The van der Waals surface area contributed by atoms with E-state index in [9.17, 15) is 4.79 Å². The number of hydrogen-bond acceptors (Lipinski definition) is 3. The van der Waals surface area contributed by atoms with E-state index >= 15 is 0 Å². The summed E-state index contributed by atoms with van der Waals surface area (Å²) in [5, 5.41) is 0. The van der Waals surface area contributed by atoms with Crippen molar-refractivity contribution >= 4 is 6.29 Å². The van der Waals surface area contributed by atoms with E-state index in [1.54, 1.807) is 30.6 Å². The van der Waals surface area contributed by atoms with Crippen LogP contribution < -0.4 is 0 Å². The minimum atomic E-state index is 0.411. The van der Waals surface area contributed by atoms with Crippen molar-refractivity contribution in [2.75, 3.05) is 0 Å². The Kier molecular flexibility index (Phi) is 1.88. The van der Waals surface area contributed by atoms with Gasteiger partial charge < -0.3 is 4.98 Å². The van der Waals surface area contributed by atoms with Crippen LogP contribution in [0.25, 0.3) is 11.5 Å². The average Bonchev–Trinajstić information content (AvgIpc) is 2.71. The highest BCUT2D eigenvalue weighted by Crippen LogP contribution is 2.10. The molecule has 0 saturated carbocycles. The van der Waals surface area contributed by atoms with Crippen LogP contribution >= 0.6 is 0 Å². The van der Waals surface area contributed by atoms with Crippen LogP contribution in [0, 0.1) is 0 Å². The Hall–Kier alpha value is -1.97. The molecule has 2 heterocycles. The van der Waals surface area contributed by atoms with Crippen LogP contribution in [0.3, 0.4) is 0 Å². The fourth-order valence-corrected chi connectivity index (χ4v) is 1.05. The minimum Gasteiger partial charge on any atom is -0.343 e. The quantitative estimate of drug-likeness (QED) is 0.696. The monoisotopic (exact) mass is 173 g/mol. The van der Waals surface area contributed by atoms with Gasteiger partial charge in [-0.15, -0.1) is 0 Å². The van der Waals surface area contributed by atoms with E-state index in [0.717, 1.165) is 0 Å². The van der Waals surface area contributed by atoms with E-state index in [0.29, 0.717) is 23.5 Å². The highest BCUT2D eigenvalue weighted by molar-refractivity contribution is 5.72. The SMILES string of the molecule is O=Cc1cccc(-c2ncc[nH]2)n1. The molecule has 64 valence electrons. The van der Waals surface area contributed by atoms with Crippen molar-refractivity contribution in [3.63, 3.8) is 0 Å². The molecule has 2 aromatic rings. The van der Waals surface area contributed by atoms with Gasteiger partial charge in [0.2, 0.25) is 0 Å². The normalized spacial score (nSPS) is 9.85. The Balaban J connectivity index is 2.47. The molecule has 0 atom stereocenters. The van der Waals surface area contributed by atoms with E-state index in [2.05, 4.69) is 15.0 Å². The Labute approximate surface area is 74.7 Å². The van der Waals surface area contributed by atoms with E-state index < -0.39 is 0 Å². The molecule has 0 aliphatic rings. The average molecular weight is 173 g/mol. The number of carbonyl (C=O) groups is 1. The maximum atomic E-state index is 10.4. The molecule has 0 fully saturated rings. The number of hydrogen-bond donors (Lipinski definition) is 1. The molecule has 2 aromatic heterocycles. The Morgan fingerprint density at radius 3 is 3.00 bits per heavy atom. The predicted octanol–water partition coefficient (Wildman–Crippen LogP) is 1.28. The molecular formula is C9H7N3O. The summed E-state index contributed by atoms with van der Waals surface area (Å²) in [6.45, 7) is 0. The smallest absolute Gasteiger partial charge is 0.168 e. The van der Waals surface area contributed by atoms with Gasteiger partial charge in [-0.1, -0.05) is 6.07 Å². The molecule has 0 radical (unpaired) electrons. The number of nitrogens with zero attached hydrogens (tertiary/aromatic N) is 2. The van der Waals surface area contributed by atoms with E-state index in [-0.39, 0.29) is 0 Å². The van der Waals surface area contributed by atoms with Crippen LogP contribution in [-0.2, 0) is 0 Å². The lowest BCUT2D eigenvalue weighted by Gasteiger charge is -1.95. The molecule has 0 bridgehead atoms. The number of aromatic amines is 1. The van der Waals surface area contributed by atoms with Crippen LogP contribution in [-0.4, -0.2) is 21.2 Å². The fraction of sp³-hybridized carbons (Fsp3) is 0. The first-order chi connectivity index (χ1) is 6.40. The molecule has 2 rings (SSSR count). The molecule has 1 N–H and O–H groups in total. The van der Waals surface area contributed by atoms with Crippen LogP contribution in [0.15, 0.2) is 30.6 Å². The van der Waals surface area contributed by atoms with Gasteiger partial charge in [0.25, 0.3) is 0 Å². The zero-order valence-electron chi connectivity index (χ0n) is 6.77. The molecule has 4 heteroatoms. The van der Waals surface area contributed by atoms with Gasteiger partial charge in [0.15, 0.2) is 12.1 Å². The maximum Gasteiger partial charge on any atom is 0.168 e. The summed E-state index contributed by atoms with van der Waals surface area (Å²) in [4.78, 5) is 21.5. The number of aldehydes is 1. The molecule has 0 saturated heterocycles. The van der Waals surface area contributed by atoms with Gasteiger partial charge >= 0.3 is 0 Å². The van der Waals surface area contributed by atoms with Crippen molar-refractivity contribution in [3.05, 3.63) is 36.3 Å². The standard InChI is InChI=1S/C9H7N3O/c13-6-7-2-1-3-8(12-7)9-10-4-5-11-9/h1-6H,(H,10,11). The molecule has 0 aromatic carbocycles. The summed E-state index contributed by atoms with van der Waals surface area (Å²) in [5.41, 5.74) is 1.09. The number of H-pyrrole nitrogens is 1. The van der Waals surface area contributed by atoms with E-state index in [1.807, 2.05) is 0 Å². The highest BCUT2D eigenvalue weighted by atomic mass is 16.1. The molecule has 0 unspecified atom stereocenters. The van der Waals surface area contributed by atoms with Crippen LogP contribution in [0.2, 0.25) is 0 Å². The third-order valence-electron chi connectivity index (χ3n) is 1.63. The van der Waals surface area contributed by atoms with Gasteiger partial charge in [-0.2, -0.15) is 0 Å². The first-order valence-electron chi connectivity index (χ1n) is 3.82. The third kappa shape index (κ3) is 1.46. The number of pyridine rings is 1. The number of carbonyl (C=O) groups excluding carboxylic acids is 1. The Bertz CT molecular complexity index is 409. The van der Waals surface area contributed by atoms with Crippen molar-refractivity contribution in [1.82, 2.24) is 15.0 Å². The Morgan fingerprint density at radius 1 is 1.38 bits per heavy atom. The van der Waals surface area contributed by atoms with E-state index in [1.165, 1.54) is 0 Å². The fourth-order valence-electron chi connectivity index (χ4n) is 1.05. The number of imidazole rings is 1. The topological polar surface area (TPSA) is 58.6 Å². The molecule has 0 amide bonds. The van der Waals surface area contributed by atoms with Gasteiger partial charge in [0, 0.05) is 12.4 Å². The summed E-state index contributed by atoms with van der Waals surface area (Å²) in [5.74, 6) is 0.670. The number of nitrogens with one attached hydrogen (secondary N) is 1. The lowest BCUT2D eigenvalue weighted by molar-refractivity contribution is 0.111. The second-order valence-corrected chi connectivity index (χ2v) is 2.50. The van der Waals surface area contributed by atoms with Crippen molar-refractivity contribution in [2.45, 2.75) is 0 Å². The summed E-state index contributed by atoms with van der Waals surface area (Å²) in [6, 6.07) is 5.22. The third-order valence-corrected chi connectivity index (χ3v) is 1.63. The summed E-state index contributed by atoms with van der Waals surface area (Å²) >= 11 is 0. The lowest BCUT2D eigenvalue weighted by Crippen LogP contribution is -1.90. The molecule has 0 aliphatic carbocycles. The highest BCUT2D eigenvalue weighted by Gasteiger charge is 2.01. The van der Waals surface area contributed by atoms with Gasteiger partial charge in [-0.05, 0) is 12.1 Å². The number of aromatic nitrogens is 3. The zero-order chi connectivity index (χ0) is 9.10. The number of rotatable bonds is 2. The summed E-state index contributed by atoms with van der Waals surface area (Å²) < 4.78 is 0. The van der Waals surface area contributed by atoms with Crippen LogP contribution in [0.5, 0.6) is 0 Å². The predicted molar refractivity (Wildman–Crippen MR) is 47.2 cm³/mol. The van der Waals surface area contributed by atoms with Gasteiger partial charge in [0.1, 0.15) is 11.4 Å². The molecular weight excluding hydrogens is 166 g/mol. The van der Waals surface area contributed by atoms with Crippen molar-refractivity contribution in [1.29, 1.82) is 0 Å². The lowest BCUT2D eigenvalue weighted by atomic mass is 10.3. The first-order valence-corrected chi connectivity index (χ1v) is 3.82. The van der Waals surface area contributed by atoms with Crippen LogP contribution in [0.4, 0.5) is 0 Å². The first kappa shape index (κ1) is 7.67. The summed E-state index contributed by atoms with van der Waals surface area (Å²) in [7, 11) is 0. The van der Waals surface area contributed by atoms with Crippen molar-refractivity contribution in [2.24, 2.45) is 0 Å². The largest absolute Gasteiger partial charge is 0.343 e. The van der Waals surface area contributed by atoms with Crippen LogP contribution in [0.1, 0.15) is 10.5 Å². The van der Waals surface area contributed by atoms with Crippen molar-refractivity contribution in [3.8, 4) is 11.5 Å². The Morgan fingerprint density at radius 2 is 2.31 bits per heavy atom. The minimum absolute atomic E-state index is 0.411. The van der Waals surface area contributed by atoms with E-state index in [4.69, 9.17) is 0 Å². The van der Waals surface area contributed by atoms with Gasteiger partial charge in [-0.3, -0.25) is 4.79 Å². The second-order valence-electron chi connectivity index (χ2n) is 2.50. The maximum absolute atomic E-state index is 10.4. The molecule has 13 heavy (non-hydrogen) atoms. The van der Waals surface area contributed by atoms with Gasteiger partial charge in [0.05, 0.1) is 0 Å². The second kappa shape index (κ2) is 3.18. The summed E-state index contributed by atoms with van der Waals surface area (Å²) in [6.07, 6.45) is 4.07. The zero-order valence-corrected chi connectivity index (χ0v) is 6.77.